The van der Waals surface area contributed by atoms with Crippen LogP contribution < -0.4 is 20.7 Å². The second-order valence-electron chi connectivity index (χ2n) is 8.70. The van der Waals surface area contributed by atoms with Gasteiger partial charge in [0, 0.05) is 38.4 Å². The predicted molar refractivity (Wildman–Crippen MR) is 132 cm³/mol. The summed E-state index contributed by atoms with van der Waals surface area (Å²) in [7, 11) is 0. The molecule has 2 unspecified atom stereocenters. The Morgan fingerprint density at radius 1 is 1.03 bits per heavy atom. The number of hydrazine groups is 1. The summed E-state index contributed by atoms with van der Waals surface area (Å²) in [5.74, 6) is -0.993. The third-order valence-electron chi connectivity index (χ3n) is 6.44. The number of halogens is 3. The lowest BCUT2D eigenvalue weighted by molar-refractivity contribution is -0.137. The first-order chi connectivity index (χ1) is 17.3. The highest BCUT2D eigenvalue weighted by molar-refractivity contribution is 8.14. The van der Waals surface area contributed by atoms with Crippen molar-refractivity contribution in [2.45, 2.75) is 12.3 Å². The van der Waals surface area contributed by atoms with Crippen molar-refractivity contribution in [2.75, 3.05) is 48.3 Å². The molecule has 2 aromatic carbocycles. The number of nitrogens with one attached hydrogen (secondary N) is 2. The molecule has 0 radical (unpaired) electrons. The third kappa shape index (κ3) is 5.06. The van der Waals surface area contributed by atoms with E-state index in [2.05, 4.69) is 20.7 Å². The van der Waals surface area contributed by atoms with Gasteiger partial charge in [-0.1, -0.05) is 36.0 Å². The lowest BCUT2D eigenvalue weighted by Crippen LogP contribution is -2.51. The summed E-state index contributed by atoms with van der Waals surface area (Å²) in [4.78, 5) is 36.0. The number of aliphatic imine (C=N–C) groups is 1. The number of nitrogens with zero attached hydrogens (tertiary/aromatic N) is 4. The summed E-state index contributed by atoms with van der Waals surface area (Å²) in [6, 6.07) is 14.6. The molecule has 0 spiro atoms. The van der Waals surface area contributed by atoms with Crippen LogP contribution in [0.1, 0.15) is 5.56 Å². The largest absolute Gasteiger partial charge is 0.416 e. The van der Waals surface area contributed by atoms with E-state index in [-0.39, 0.29) is 28.4 Å². The summed E-state index contributed by atoms with van der Waals surface area (Å²) in [6.07, 6.45) is -5.08. The van der Waals surface area contributed by atoms with Gasteiger partial charge in [0.2, 0.25) is 11.8 Å². The van der Waals surface area contributed by atoms with E-state index in [4.69, 9.17) is 0 Å². The van der Waals surface area contributed by atoms with E-state index >= 15 is 0 Å². The number of para-hydroxylation sites is 1. The van der Waals surface area contributed by atoms with Crippen LogP contribution in [0.2, 0.25) is 0 Å². The van der Waals surface area contributed by atoms with Crippen molar-refractivity contribution in [3.8, 4) is 0 Å². The molecule has 0 bridgehead atoms. The van der Waals surface area contributed by atoms with Crippen LogP contribution in [0.25, 0.3) is 0 Å². The van der Waals surface area contributed by atoms with Crippen LogP contribution in [-0.4, -0.2) is 66.5 Å². The van der Waals surface area contributed by atoms with Crippen molar-refractivity contribution >= 4 is 40.1 Å². The Hall–Kier alpha value is -3.09. The zero-order valence-electron chi connectivity index (χ0n) is 19.2. The molecule has 5 rings (SSSR count). The minimum atomic E-state index is -4.55. The van der Waals surface area contributed by atoms with Gasteiger partial charge < -0.3 is 9.80 Å². The summed E-state index contributed by atoms with van der Waals surface area (Å²) < 4.78 is 40.0. The van der Waals surface area contributed by atoms with E-state index in [1.54, 1.807) is 4.90 Å². The quantitative estimate of drug-likeness (QED) is 0.648. The number of amidine groups is 1. The number of carbonyl (C=O) groups is 2. The van der Waals surface area contributed by atoms with E-state index in [0.29, 0.717) is 32.7 Å². The summed E-state index contributed by atoms with van der Waals surface area (Å²) >= 11 is 1.07. The molecule has 2 aromatic rings. The maximum absolute atomic E-state index is 13.3. The number of carbonyl (C=O) groups excluding carboxylic acids is 2. The van der Waals surface area contributed by atoms with Crippen LogP contribution in [0.4, 0.5) is 24.5 Å². The Bertz CT molecular complexity index is 1150. The molecular formula is C24H25F3N6O2S. The summed E-state index contributed by atoms with van der Waals surface area (Å²) in [6.45, 7) is 2.84. The second kappa shape index (κ2) is 10.1. The molecule has 2 atom stereocenters. The lowest BCUT2D eigenvalue weighted by Gasteiger charge is -2.36. The number of anilines is 2. The maximum atomic E-state index is 13.3. The SMILES string of the molecule is O=C(CSC1=NC2NNCC2C(=O)N1c1cccc(C(F)(F)F)c1)N1CCN(c2ccccc2)CC1. The van der Waals surface area contributed by atoms with E-state index < -0.39 is 23.8 Å². The van der Waals surface area contributed by atoms with Crippen LogP contribution in [-0.2, 0) is 15.8 Å². The maximum Gasteiger partial charge on any atom is 0.416 e. The zero-order valence-corrected chi connectivity index (χ0v) is 20.1. The molecule has 8 nitrogen and oxygen atoms in total. The van der Waals surface area contributed by atoms with E-state index in [0.717, 1.165) is 29.6 Å². The van der Waals surface area contributed by atoms with E-state index in [9.17, 15) is 22.8 Å². The average Bonchev–Trinajstić information content (AvgIpc) is 3.37. The van der Waals surface area contributed by atoms with Crippen molar-refractivity contribution < 1.29 is 22.8 Å². The van der Waals surface area contributed by atoms with Gasteiger partial charge in [-0.3, -0.25) is 19.9 Å². The number of thioether (sulfide) groups is 1. The van der Waals surface area contributed by atoms with Crippen LogP contribution in [0.15, 0.2) is 59.6 Å². The monoisotopic (exact) mass is 518 g/mol. The van der Waals surface area contributed by atoms with Gasteiger partial charge in [0.25, 0.3) is 0 Å². The number of piperazine rings is 1. The summed E-state index contributed by atoms with van der Waals surface area (Å²) in [5.41, 5.74) is 6.14. The molecule has 190 valence electrons. The minimum Gasteiger partial charge on any atom is -0.368 e. The normalized spacial score (nSPS) is 22.5. The fourth-order valence-electron chi connectivity index (χ4n) is 4.50. The van der Waals surface area contributed by atoms with Gasteiger partial charge >= 0.3 is 6.18 Å². The number of hydrogen-bond acceptors (Lipinski definition) is 7. The molecule has 3 aliphatic rings. The highest BCUT2D eigenvalue weighted by atomic mass is 32.2. The van der Waals surface area contributed by atoms with Gasteiger partial charge in [0.1, 0.15) is 6.17 Å². The summed E-state index contributed by atoms with van der Waals surface area (Å²) in [5, 5.41) is 0.202. The molecule has 0 aromatic heterocycles. The Labute approximate surface area is 210 Å². The zero-order chi connectivity index (χ0) is 25.3. The van der Waals surface area contributed by atoms with Crippen LogP contribution >= 0.6 is 11.8 Å². The molecule has 12 heteroatoms. The number of benzene rings is 2. The van der Waals surface area contributed by atoms with E-state index in [1.807, 2.05) is 30.3 Å². The minimum absolute atomic E-state index is 0.0255. The highest BCUT2D eigenvalue weighted by Gasteiger charge is 2.43. The van der Waals surface area contributed by atoms with Gasteiger partial charge in [0.05, 0.1) is 22.9 Å². The first kappa shape index (κ1) is 24.6. The van der Waals surface area contributed by atoms with Gasteiger partial charge in [-0.15, -0.1) is 0 Å². The highest BCUT2D eigenvalue weighted by Crippen LogP contribution is 2.35. The van der Waals surface area contributed by atoms with Crippen molar-refractivity contribution in [1.82, 2.24) is 15.8 Å². The molecular weight excluding hydrogens is 493 g/mol. The fraction of sp³-hybridized carbons (Fsp3) is 0.375. The third-order valence-corrected chi connectivity index (χ3v) is 7.38. The van der Waals surface area contributed by atoms with Gasteiger partial charge in [0.15, 0.2) is 5.17 Å². The van der Waals surface area contributed by atoms with E-state index in [1.165, 1.54) is 17.0 Å². The standard InChI is InChI=1S/C24H25F3N6O2S/c25-24(26,27)16-5-4-8-18(13-16)33-22(35)19-14-28-30-21(19)29-23(33)36-15-20(34)32-11-9-31(10-12-32)17-6-2-1-3-7-17/h1-8,13,19,21,28,30H,9-12,14-15H2. The topological polar surface area (TPSA) is 80.3 Å². The molecule has 2 fully saturated rings. The number of amides is 2. The number of fused-ring (bicyclic) bond motifs is 1. The fourth-order valence-corrected chi connectivity index (χ4v) is 5.45. The van der Waals surface area contributed by atoms with Crippen LogP contribution in [0.5, 0.6) is 0 Å². The average molecular weight is 519 g/mol. The molecule has 2 saturated heterocycles. The van der Waals surface area contributed by atoms with Crippen molar-refractivity contribution in [3.63, 3.8) is 0 Å². The molecule has 36 heavy (non-hydrogen) atoms. The second-order valence-corrected chi connectivity index (χ2v) is 9.64. The first-order valence-corrected chi connectivity index (χ1v) is 12.6. The molecule has 2 amide bonds. The van der Waals surface area contributed by atoms with Gasteiger partial charge in [-0.25, -0.2) is 10.4 Å². The van der Waals surface area contributed by atoms with Crippen LogP contribution in [0, 0.1) is 5.92 Å². The van der Waals surface area contributed by atoms with Gasteiger partial charge in [-0.05, 0) is 30.3 Å². The molecule has 0 aliphatic carbocycles. The van der Waals surface area contributed by atoms with Crippen molar-refractivity contribution in [3.05, 3.63) is 60.2 Å². The predicted octanol–water partition coefficient (Wildman–Crippen LogP) is 2.54. The molecule has 3 heterocycles. The van der Waals surface area contributed by atoms with Gasteiger partial charge in [-0.2, -0.15) is 13.2 Å². The van der Waals surface area contributed by atoms with Crippen LogP contribution in [0.3, 0.4) is 0 Å². The number of rotatable bonds is 4. The van der Waals surface area contributed by atoms with Crippen molar-refractivity contribution in [1.29, 1.82) is 0 Å². The Kier molecular flexibility index (Phi) is 6.91. The smallest absolute Gasteiger partial charge is 0.368 e. The molecule has 2 N–H and O–H groups in total. The number of hydrogen-bond donors (Lipinski definition) is 2. The first-order valence-electron chi connectivity index (χ1n) is 11.6. The van der Waals surface area contributed by atoms with Crippen molar-refractivity contribution in [2.24, 2.45) is 10.9 Å². The lowest BCUT2D eigenvalue weighted by atomic mass is 10.0. The molecule has 3 aliphatic heterocycles. The Balaban J connectivity index is 1.29. The number of alkyl halides is 3. The Morgan fingerprint density at radius 3 is 2.47 bits per heavy atom. The molecule has 0 saturated carbocycles. The Morgan fingerprint density at radius 2 is 1.75 bits per heavy atom.